The zero-order chi connectivity index (χ0) is 19.9. The maximum Gasteiger partial charge on any atom is 0.251 e. The molecule has 2 N–H and O–H groups in total. The number of halogens is 1. The molecule has 3 aromatic carbocycles. The fourth-order valence-electron chi connectivity index (χ4n) is 2.75. The van der Waals surface area contributed by atoms with Gasteiger partial charge >= 0.3 is 0 Å². The van der Waals surface area contributed by atoms with E-state index in [1.165, 1.54) is 0 Å². The van der Waals surface area contributed by atoms with E-state index in [9.17, 15) is 9.59 Å². The molecule has 0 aliphatic heterocycles. The van der Waals surface area contributed by atoms with E-state index in [1.807, 2.05) is 43.3 Å². The first kappa shape index (κ1) is 19.6. The molecule has 0 aliphatic rings. The second-order valence-electron chi connectivity index (χ2n) is 6.50. The fourth-order valence-corrected chi connectivity index (χ4v) is 2.87. The molecular formula is C23H21ClN2O2. The predicted molar refractivity (Wildman–Crippen MR) is 111 cm³/mol. The number of benzene rings is 3. The van der Waals surface area contributed by atoms with Gasteiger partial charge in [0, 0.05) is 29.2 Å². The summed E-state index contributed by atoms with van der Waals surface area (Å²) in [7, 11) is 0. The molecule has 0 saturated heterocycles. The smallest absolute Gasteiger partial charge is 0.251 e. The average Bonchev–Trinajstić information content (AvgIpc) is 2.72. The summed E-state index contributed by atoms with van der Waals surface area (Å²) in [6.07, 6.45) is 0. The Bertz CT molecular complexity index is 967. The van der Waals surface area contributed by atoms with E-state index in [4.69, 9.17) is 11.6 Å². The largest absolute Gasteiger partial charge is 0.348 e. The van der Waals surface area contributed by atoms with Crippen LogP contribution in [0, 0.1) is 6.92 Å². The Kier molecular flexibility index (Phi) is 6.45. The van der Waals surface area contributed by atoms with Crippen molar-refractivity contribution in [2.75, 3.05) is 0 Å². The average molecular weight is 393 g/mol. The molecule has 4 nitrogen and oxygen atoms in total. The lowest BCUT2D eigenvalue weighted by atomic mass is 10.1. The molecule has 142 valence electrons. The SMILES string of the molecule is Cc1ccccc1CNC(=O)c1ccc(C(=O)NCc2ccc(Cl)cc2)cc1. The van der Waals surface area contributed by atoms with Gasteiger partial charge in [-0.3, -0.25) is 9.59 Å². The molecule has 0 atom stereocenters. The number of carbonyl (C=O) groups is 2. The van der Waals surface area contributed by atoms with Crippen LogP contribution in [-0.2, 0) is 13.1 Å². The summed E-state index contributed by atoms with van der Waals surface area (Å²) in [5.41, 5.74) is 4.20. The van der Waals surface area contributed by atoms with Crippen LogP contribution in [-0.4, -0.2) is 11.8 Å². The molecule has 5 heteroatoms. The predicted octanol–water partition coefficient (Wildman–Crippen LogP) is 4.51. The van der Waals surface area contributed by atoms with Crippen molar-refractivity contribution < 1.29 is 9.59 Å². The lowest BCUT2D eigenvalue weighted by molar-refractivity contribution is 0.0939. The third-order valence-corrected chi connectivity index (χ3v) is 4.73. The summed E-state index contributed by atoms with van der Waals surface area (Å²) < 4.78 is 0. The first-order chi connectivity index (χ1) is 13.5. The molecule has 2 amide bonds. The molecule has 0 spiro atoms. The standard InChI is InChI=1S/C23H21ClN2O2/c1-16-4-2-3-5-20(16)15-26-23(28)19-10-8-18(9-11-19)22(27)25-14-17-6-12-21(24)13-7-17/h2-13H,14-15H2,1H3,(H,25,27)(H,26,28). The fraction of sp³-hybridized carbons (Fsp3) is 0.130. The van der Waals surface area contributed by atoms with Crippen molar-refractivity contribution in [1.29, 1.82) is 0 Å². The van der Waals surface area contributed by atoms with Crippen molar-refractivity contribution in [2.45, 2.75) is 20.0 Å². The highest BCUT2D eigenvalue weighted by atomic mass is 35.5. The van der Waals surface area contributed by atoms with E-state index in [1.54, 1.807) is 36.4 Å². The number of amides is 2. The minimum atomic E-state index is -0.193. The van der Waals surface area contributed by atoms with Crippen LogP contribution in [0.2, 0.25) is 5.02 Å². The lowest BCUT2D eigenvalue weighted by Gasteiger charge is -2.09. The van der Waals surface area contributed by atoms with Crippen molar-refractivity contribution in [3.8, 4) is 0 Å². The van der Waals surface area contributed by atoms with Crippen LogP contribution in [0.3, 0.4) is 0 Å². The van der Waals surface area contributed by atoms with Gasteiger partial charge in [0.2, 0.25) is 0 Å². The van der Waals surface area contributed by atoms with Gasteiger partial charge in [0.15, 0.2) is 0 Å². The molecule has 3 rings (SSSR count). The van der Waals surface area contributed by atoms with Gasteiger partial charge in [-0.1, -0.05) is 48.0 Å². The molecule has 3 aromatic rings. The number of rotatable bonds is 6. The van der Waals surface area contributed by atoms with Gasteiger partial charge in [-0.05, 0) is 60.0 Å². The quantitative estimate of drug-likeness (QED) is 0.648. The maximum atomic E-state index is 12.3. The van der Waals surface area contributed by atoms with E-state index in [0.29, 0.717) is 29.2 Å². The molecule has 0 radical (unpaired) electrons. The number of carbonyl (C=O) groups excluding carboxylic acids is 2. The summed E-state index contributed by atoms with van der Waals surface area (Å²) in [6, 6.07) is 21.8. The van der Waals surface area contributed by atoms with Crippen LogP contribution in [0.25, 0.3) is 0 Å². The summed E-state index contributed by atoms with van der Waals surface area (Å²) in [4.78, 5) is 24.6. The van der Waals surface area contributed by atoms with Crippen molar-refractivity contribution in [3.63, 3.8) is 0 Å². The topological polar surface area (TPSA) is 58.2 Å². The minimum Gasteiger partial charge on any atom is -0.348 e. The molecule has 0 fully saturated rings. The zero-order valence-electron chi connectivity index (χ0n) is 15.5. The normalized spacial score (nSPS) is 10.4. The Morgan fingerprint density at radius 3 is 1.86 bits per heavy atom. The van der Waals surface area contributed by atoms with Crippen LogP contribution in [0.1, 0.15) is 37.4 Å². The maximum absolute atomic E-state index is 12.3. The molecule has 28 heavy (non-hydrogen) atoms. The van der Waals surface area contributed by atoms with Gasteiger partial charge in [-0.2, -0.15) is 0 Å². The highest BCUT2D eigenvalue weighted by molar-refractivity contribution is 6.30. The Balaban J connectivity index is 1.54. The van der Waals surface area contributed by atoms with Crippen LogP contribution in [0.5, 0.6) is 0 Å². The van der Waals surface area contributed by atoms with Crippen molar-refractivity contribution in [2.24, 2.45) is 0 Å². The van der Waals surface area contributed by atoms with Crippen LogP contribution in [0.4, 0.5) is 0 Å². The lowest BCUT2D eigenvalue weighted by Crippen LogP contribution is -2.24. The van der Waals surface area contributed by atoms with Crippen molar-refractivity contribution in [1.82, 2.24) is 10.6 Å². The van der Waals surface area contributed by atoms with E-state index < -0.39 is 0 Å². The van der Waals surface area contributed by atoms with Gasteiger partial charge in [0.1, 0.15) is 0 Å². The van der Waals surface area contributed by atoms with Gasteiger partial charge in [-0.15, -0.1) is 0 Å². The van der Waals surface area contributed by atoms with Gasteiger partial charge in [0.05, 0.1) is 0 Å². The Labute approximate surface area is 169 Å². The van der Waals surface area contributed by atoms with E-state index >= 15 is 0 Å². The molecule has 0 heterocycles. The van der Waals surface area contributed by atoms with Crippen molar-refractivity contribution in [3.05, 3.63) is 106 Å². The molecule has 0 saturated carbocycles. The van der Waals surface area contributed by atoms with Gasteiger partial charge < -0.3 is 10.6 Å². The first-order valence-electron chi connectivity index (χ1n) is 8.98. The van der Waals surface area contributed by atoms with E-state index in [2.05, 4.69) is 10.6 Å². The third kappa shape index (κ3) is 5.21. The molecule has 0 bridgehead atoms. The van der Waals surface area contributed by atoms with E-state index in [-0.39, 0.29) is 11.8 Å². The van der Waals surface area contributed by atoms with E-state index in [0.717, 1.165) is 16.7 Å². The summed E-state index contributed by atoms with van der Waals surface area (Å²) >= 11 is 5.86. The Morgan fingerprint density at radius 1 is 0.750 bits per heavy atom. The Morgan fingerprint density at radius 2 is 1.29 bits per heavy atom. The monoisotopic (exact) mass is 392 g/mol. The van der Waals surface area contributed by atoms with Crippen LogP contribution >= 0.6 is 11.6 Å². The number of nitrogens with one attached hydrogen (secondary N) is 2. The van der Waals surface area contributed by atoms with Crippen LogP contribution in [0.15, 0.2) is 72.8 Å². The second-order valence-corrected chi connectivity index (χ2v) is 6.93. The third-order valence-electron chi connectivity index (χ3n) is 4.48. The highest BCUT2D eigenvalue weighted by Crippen LogP contribution is 2.11. The minimum absolute atomic E-state index is 0.170. The summed E-state index contributed by atoms with van der Waals surface area (Å²) in [5, 5.41) is 6.42. The summed E-state index contributed by atoms with van der Waals surface area (Å²) in [6.45, 7) is 2.89. The van der Waals surface area contributed by atoms with Crippen molar-refractivity contribution >= 4 is 23.4 Å². The number of hydrogen-bond donors (Lipinski definition) is 2. The number of hydrogen-bond acceptors (Lipinski definition) is 2. The zero-order valence-corrected chi connectivity index (χ0v) is 16.3. The van der Waals surface area contributed by atoms with Crippen LogP contribution < -0.4 is 10.6 Å². The molecule has 0 aliphatic carbocycles. The first-order valence-corrected chi connectivity index (χ1v) is 9.36. The van der Waals surface area contributed by atoms with Gasteiger partial charge in [-0.25, -0.2) is 0 Å². The molecule has 0 unspecified atom stereocenters. The molecular weight excluding hydrogens is 372 g/mol. The summed E-state index contributed by atoms with van der Waals surface area (Å²) in [5.74, 6) is -0.363. The van der Waals surface area contributed by atoms with Gasteiger partial charge in [0.25, 0.3) is 11.8 Å². The highest BCUT2D eigenvalue weighted by Gasteiger charge is 2.09. The number of aryl methyl sites for hydroxylation is 1. The second kappa shape index (κ2) is 9.20. The molecule has 0 aromatic heterocycles. The Hall–Kier alpha value is -3.11.